The van der Waals surface area contributed by atoms with E-state index in [4.69, 9.17) is 4.98 Å². The van der Waals surface area contributed by atoms with E-state index in [-0.39, 0.29) is 11.6 Å². The molecule has 7 nitrogen and oxygen atoms in total. The molecule has 1 aromatic heterocycles. The first kappa shape index (κ1) is 20.9. The van der Waals surface area contributed by atoms with Crippen LogP contribution in [-0.2, 0) is 0 Å². The molecule has 0 bridgehead atoms. The molecule has 3 aromatic carbocycles. The number of fused-ring (bicyclic) bond motifs is 1. The molecule has 4 aromatic rings. The van der Waals surface area contributed by atoms with Crippen molar-refractivity contribution >= 4 is 28.3 Å². The van der Waals surface area contributed by atoms with Gasteiger partial charge in [-0.2, -0.15) is 0 Å². The van der Waals surface area contributed by atoms with Gasteiger partial charge in [0.15, 0.2) is 0 Å². The molecule has 1 aliphatic rings. The number of hydrogen-bond donors (Lipinski definition) is 1. The van der Waals surface area contributed by atoms with Gasteiger partial charge in [-0.3, -0.25) is 14.9 Å². The lowest BCUT2D eigenvalue weighted by atomic mass is 9.94. The predicted octanol–water partition coefficient (Wildman–Crippen LogP) is 6.37. The summed E-state index contributed by atoms with van der Waals surface area (Å²) in [5.74, 6) is 0.597. The fourth-order valence-electron chi connectivity index (χ4n) is 4.61. The standard InChI is InChI=1S/C26H24N4O3/c31-26(27-20-7-3-1-4-8-20)19-13-16-24-23(17-19)28-25(29(24)21-9-5-2-6-10-21)18-11-14-22(15-12-18)30(32)33/h1,3-4,7-8,11-17,21H,2,5-6,9-10H2,(H,27,31). The highest BCUT2D eigenvalue weighted by molar-refractivity contribution is 6.06. The highest BCUT2D eigenvalue weighted by Gasteiger charge is 2.23. The van der Waals surface area contributed by atoms with Gasteiger partial charge < -0.3 is 9.88 Å². The molecule has 0 saturated heterocycles. The second kappa shape index (κ2) is 8.86. The van der Waals surface area contributed by atoms with Crippen molar-refractivity contribution in [2.24, 2.45) is 0 Å². The lowest BCUT2D eigenvalue weighted by Gasteiger charge is -2.25. The number of aromatic nitrogens is 2. The van der Waals surface area contributed by atoms with E-state index in [0.29, 0.717) is 11.6 Å². The summed E-state index contributed by atoms with van der Waals surface area (Å²) in [5, 5.41) is 14.0. The van der Waals surface area contributed by atoms with E-state index < -0.39 is 4.92 Å². The number of amides is 1. The number of para-hydroxylation sites is 1. The Morgan fingerprint density at radius 1 is 0.970 bits per heavy atom. The van der Waals surface area contributed by atoms with Gasteiger partial charge in [0.1, 0.15) is 5.82 Å². The maximum Gasteiger partial charge on any atom is 0.269 e. The summed E-state index contributed by atoms with van der Waals surface area (Å²) in [6.07, 6.45) is 5.71. The normalized spacial score (nSPS) is 14.3. The molecule has 0 radical (unpaired) electrons. The number of imidazole rings is 1. The van der Waals surface area contributed by atoms with Gasteiger partial charge in [-0.25, -0.2) is 4.98 Å². The molecule has 0 atom stereocenters. The van der Waals surface area contributed by atoms with E-state index in [2.05, 4.69) is 9.88 Å². The molecule has 1 fully saturated rings. The number of non-ortho nitro benzene ring substituents is 1. The zero-order valence-electron chi connectivity index (χ0n) is 18.1. The van der Waals surface area contributed by atoms with E-state index in [1.807, 2.05) is 48.5 Å². The Kier molecular flexibility index (Phi) is 5.60. The van der Waals surface area contributed by atoms with Crippen LogP contribution in [0.2, 0.25) is 0 Å². The fraction of sp³-hybridized carbons (Fsp3) is 0.231. The van der Waals surface area contributed by atoms with Crippen LogP contribution in [0.4, 0.5) is 11.4 Å². The Morgan fingerprint density at radius 3 is 2.39 bits per heavy atom. The number of nitro benzene ring substituents is 1. The topological polar surface area (TPSA) is 90.1 Å². The van der Waals surface area contributed by atoms with E-state index in [0.717, 1.165) is 41.0 Å². The Bertz CT molecular complexity index is 1310. The van der Waals surface area contributed by atoms with Gasteiger partial charge in [-0.05, 0) is 55.3 Å². The number of carbonyl (C=O) groups excluding carboxylic acids is 1. The lowest BCUT2D eigenvalue weighted by molar-refractivity contribution is -0.384. The number of benzene rings is 3. The van der Waals surface area contributed by atoms with Crippen LogP contribution in [0.25, 0.3) is 22.4 Å². The molecule has 0 unspecified atom stereocenters. The highest BCUT2D eigenvalue weighted by Crippen LogP contribution is 2.36. The van der Waals surface area contributed by atoms with Crippen molar-refractivity contribution in [2.75, 3.05) is 5.32 Å². The van der Waals surface area contributed by atoms with Crippen molar-refractivity contribution in [3.05, 3.63) is 88.5 Å². The van der Waals surface area contributed by atoms with Crippen molar-refractivity contribution in [3.63, 3.8) is 0 Å². The Hall–Kier alpha value is -4.00. The first-order valence-electron chi connectivity index (χ1n) is 11.2. The minimum absolute atomic E-state index is 0.0546. The third kappa shape index (κ3) is 4.22. The van der Waals surface area contributed by atoms with E-state index >= 15 is 0 Å². The molecule has 1 N–H and O–H groups in total. The molecule has 33 heavy (non-hydrogen) atoms. The number of nitro groups is 1. The predicted molar refractivity (Wildman–Crippen MR) is 128 cm³/mol. The molecule has 7 heteroatoms. The first-order valence-corrected chi connectivity index (χ1v) is 11.2. The third-order valence-corrected chi connectivity index (χ3v) is 6.26. The summed E-state index contributed by atoms with van der Waals surface area (Å²) in [4.78, 5) is 28.4. The number of nitrogens with zero attached hydrogens (tertiary/aromatic N) is 3. The number of carbonyl (C=O) groups is 1. The summed E-state index contributed by atoms with van der Waals surface area (Å²) in [7, 11) is 0. The number of anilines is 1. The van der Waals surface area contributed by atoms with Crippen molar-refractivity contribution in [1.82, 2.24) is 9.55 Å². The molecule has 166 valence electrons. The molecule has 0 spiro atoms. The molecule has 1 amide bonds. The number of nitrogens with one attached hydrogen (secondary N) is 1. The Morgan fingerprint density at radius 2 is 1.70 bits per heavy atom. The van der Waals surface area contributed by atoms with Crippen LogP contribution in [0.15, 0.2) is 72.8 Å². The quantitative estimate of drug-likeness (QED) is 0.288. The van der Waals surface area contributed by atoms with Gasteiger partial charge in [-0.15, -0.1) is 0 Å². The van der Waals surface area contributed by atoms with Crippen molar-refractivity contribution in [3.8, 4) is 11.4 Å². The van der Waals surface area contributed by atoms with Gasteiger partial charge in [0, 0.05) is 35.0 Å². The summed E-state index contributed by atoms with van der Waals surface area (Å²) >= 11 is 0. The first-order chi connectivity index (χ1) is 16.1. The summed E-state index contributed by atoms with van der Waals surface area (Å²) in [5.41, 5.74) is 3.88. The fourth-order valence-corrected chi connectivity index (χ4v) is 4.61. The lowest BCUT2D eigenvalue weighted by Crippen LogP contribution is -2.14. The van der Waals surface area contributed by atoms with Gasteiger partial charge in [0.25, 0.3) is 11.6 Å². The molecule has 1 heterocycles. The summed E-state index contributed by atoms with van der Waals surface area (Å²) in [6, 6.07) is 21.8. The smallest absolute Gasteiger partial charge is 0.269 e. The molecular weight excluding hydrogens is 416 g/mol. The van der Waals surface area contributed by atoms with Crippen LogP contribution in [0.5, 0.6) is 0 Å². The zero-order chi connectivity index (χ0) is 22.8. The molecule has 0 aliphatic heterocycles. The van der Waals surface area contributed by atoms with Crippen LogP contribution in [-0.4, -0.2) is 20.4 Å². The minimum Gasteiger partial charge on any atom is -0.322 e. The van der Waals surface area contributed by atoms with E-state index in [1.165, 1.54) is 31.4 Å². The maximum atomic E-state index is 12.8. The molecular formula is C26H24N4O3. The van der Waals surface area contributed by atoms with Crippen LogP contribution < -0.4 is 5.32 Å². The van der Waals surface area contributed by atoms with Gasteiger partial charge in [0.2, 0.25) is 0 Å². The summed E-state index contributed by atoms with van der Waals surface area (Å²) in [6.45, 7) is 0. The zero-order valence-corrected chi connectivity index (χ0v) is 18.1. The van der Waals surface area contributed by atoms with Crippen LogP contribution in [0, 0.1) is 10.1 Å². The average Bonchev–Trinajstić information content (AvgIpc) is 3.24. The monoisotopic (exact) mass is 440 g/mol. The maximum absolute atomic E-state index is 12.8. The van der Waals surface area contributed by atoms with E-state index in [9.17, 15) is 14.9 Å². The van der Waals surface area contributed by atoms with Crippen LogP contribution in [0.3, 0.4) is 0 Å². The molecule has 5 rings (SSSR count). The number of hydrogen-bond acceptors (Lipinski definition) is 4. The van der Waals surface area contributed by atoms with Gasteiger partial charge >= 0.3 is 0 Å². The Balaban J connectivity index is 1.56. The average molecular weight is 441 g/mol. The van der Waals surface area contributed by atoms with Crippen molar-refractivity contribution in [1.29, 1.82) is 0 Å². The van der Waals surface area contributed by atoms with Gasteiger partial charge in [-0.1, -0.05) is 37.5 Å². The van der Waals surface area contributed by atoms with Crippen LogP contribution in [0.1, 0.15) is 48.5 Å². The molecule has 1 saturated carbocycles. The number of rotatable bonds is 5. The van der Waals surface area contributed by atoms with Crippen molar-refractivity contribution < 1.29 is 9.72 Å². The molecule has 1 aliphatic carbocycles. The SMILES string of the molecule is O=C(Nc1ccccc1)c1ccc2c(c1)nc(-c1ccc([N+](=O)[O-])cc1)n2C1CCCCC1. The van der Waals surface area contributed by atoms with E-state index in [1.54, 1.807) is 12.1 Å². The largest absolute Gasteiger partial charge is 0.322 e. The minimum atomic E-state index is -0.397. The van der Waals surface area contributed by atoms with Crippen LogP contribution >= 0.6 is 0 Å². The van der Waals surface area contributed by atoms with Gasteiger partial charge in [0.05, 0.1) is 16.0 Å². The Labute approximate surface area is 191 Å². The van der Waals surface area contributed by atoms with Crippen molar-refractivity contribution in [2.45, 2.75) is 38.1 Å². The highest BCUT2D eigenvalue weighted by atomic mass is 16.6. The third-order valence-electron chi connectivity index (χ3n) is 6.26. The summed E-state index contributed by atoms with van der Waals surface area (Å²) < 4.78 is 2.26. The second-order valence-corrected chi connectivity index (χ2v) is 8.42. The second-order valence-electron chi connectivity index (χ2n) is 8.42.